The number of fused-ring (bicyclic) bond motifs is 1. The SMILES string of the molecule is CCN(CC(=O)Nc1cc(Cl)ccc1C)Cc1cc(Cl)cc2c1OCOC2. The first-order valence-corrected chi connectivity index (χ1v) is 9.52. The van der Waals surface area contributed by atoms with Gasteiger partial charge in [0.05, 0.1) is 13.2 Å². The van der Waals surface area contributed by atoms with Gasteiger partial charge in [-0.05, 0) is 43.3 Å². The summed E-state index contributed by atoms with van der Waals surface area (Å²) in [7, 11) is 0. The van der Waals surface area contributed by atoms with Gasteiger partial charge in [-0.2, -0.15) is 0 Å². The maximum Gasteiger partial charge on any atom is 0.238 e. The summed E-state index contributed by atoms with van der Waals surface area (Å²) in [5, 5.41) is 4.16. The standard InChI is InChI=1S/C20H22Cl2N2O3/c1-3-24(10-19(25)23-18-8-16(21)5-4-13(18)2)9-14-6-17(22)7-15-11-26-12-27-20(14)15/h4-8H,3,9-12H2,1-2H3,(H,23,25). The Kier molecular flexibility index (Phi) is 6.60. The fourth-order valence-electron chi connectivity index (χ4n) is 3.02. The molecule has 1 amide bonds. The predicted octanol–water partition coefficient (Wildman–Crippen LogP) is 4.63. The first-order chi connectivity index (χ1) is 13.0. The zero-order chi connectivity index (χ0) is 19.4. The van der Waals surface area contributed by atoms with Crippen LogP contribution in [0.3, 0.4) is 0 Å². The van der Waals surface area contributed by atoms with E-state index < -0.39 is 0 Å². The highest BCUT2D eigenvalue weighted by molar-refractivity contribution is 6.31. The third-order valence-electron chi connectivity index (χ3n) is 4.43. The number of rotatable bonds is 6. The van der Waals surface area contributed by atoms with Gasteiger partial charge in [0, 0.05) is 33.4 Å². The molecule has 0 radical (unpaired) electrons. The largest absolute Gasteiger partial charge is 0.467 e. The van der Waals surface area contributed by atoms with Crippen molar-refractivity contribution in [3.63, 3.8) is 0 Å². The van der Waals surface area contributed by atoms with Crippen molar-refractivity contribution in [2.75, 3.05) is 25.2 Å². The van der Waals surface area contributed by atoms with Gasteiger partial charge < -0.3 is 14.8 Å². The average Bonchev–Trinajstić information content (AvgIpc) is 2.64. The number of aryl methyl sites for hydroxylation is 1. The number of hydrogen-bond acceptors (Lipinski definition) is 4. The lowest BCUT2D eigenvalue weighted by Crippen LogP contribution is -2.33. The number of amides is 1. The topological polar surface area (TPSA) is 50.8 Å². The summed E-state index contributed by atoms with van der Waals surface area (Å²) in [6.07, 6.45) is 0. The number of nitrogens with zero attached hydrogens (tertiary/aromatic N) is 1. The van der Waals surface area contributed by atoms with Gasteiger partial charge in [-0.3, -0.25) is 9.69 Å². The molecule has 3 rings (SSSR count). The number of likely N-dealkylation sites (N-methyl/N-ethyl adjacent to an activating group) is 1. The molecule has 1 aliphatic rings. The fourth-order valence-corrected chi connectivity index (χ4v) is 3.45. The van der Waals surface area contributed by atoms with Crippen molar-refractivity contribution in [1.82, 2.24) is 4.90 Å². The third kappa shape index (κ3) is 5.14. The molecule has 1 aliphatic heterocycles. The van der Waals surface area contributed by atoms with Crippen molar-refractivity contribution in [1.29, 1.82) is 0 Å². The van der Waals surface area contributed by atoms with Crippen molar-refractivity contribution in [2.24, 2.45) is 0 Å². The highest BCUT2D eigenvalue weighted by atomic mass is 35.5. The Morgan fingerprint density at radius 3 is 2.81 bits per heavy atom. The van der Waals surface area contributed by atoms with E-state index in [1.54, 1.807) is 12.1 Å². The van der Waals surface area contributed by atoms with Crippen LogP contribution in [-0.4, -0.2) is 30.7 Å². The Bertz CT molecular complexity index is 842. The molecule has 0 aromatic heterocycles. The molecular weight excluding hydrogens is 387 g/mol. The van der Waals surface area contributed by atoms with Crippen LogP contribution in [0.15, 0.2) is 30.3 Å². The Morgan fingerprint density at radius 1 is 1.22 bits per heavy atom. The molecule has 0 fully saturated rings. The predicted molar refractivity (Wildman–Crippen MR) is 108 cm³/mol. The minimum absolute atomic E-state index is 0.0950. The van der Waals surface area contributed by atoms with E-state index in [-0.39, 0.29) is 19.2 Å². The van der Waals surface area contributed by atoms with E-state index in [1.165, 1.54) is 0 Å². The minimum atomic E-state index is -0.0950. The summed E-state index contributed by atoms with van der Waals surface area (Å²) in [4.78, 5) is 14.5. The van der Waals surface area contributed by atoms with E-state index in [9.17, 15) is 4.79 Å². The molecule has 1 heterocycles. The summed E-state index contributed by atoms with van der Waals surface area (Å²) in [6.45, 7) is 6.16. The molecule has 2 aromatic rings. The molecular formula is C20H22Cl2N2O3. The first-order valence-electron chi connectivity index (χ1n) is 8.76. The Morgan fingerprint density at radius 2 is 2.04 bits per heavy atom. The molecule has 5 nitrogen and oxygen atoms in total. The first kappa shape index (κ1) is 20.0. The Hall–Kier alpha value is -1.79. The number of nitrogens with one attached hydrogen (secondary N) is 1. The second-order valence-electron chi connectivity index (χ2n) is 6.47. The maximum absolute atomic E-state index is 12.5. The zero-order valence-electron chi connectivity index (χ0n) is 15.4. The van der Waals surface area contributed by atoms with Crippen molar-refractivity contribution >= 4 is 34.8 Å². The van der Waals surface area contributed by atoms with Crippen LogP contribution in [-0.2, 0) is 22.7 Å². The smallest absolute Gasteiger partial charge is 0.238 e. The number of halogens is 2. The van der Waals surface area contributed by atoms with Crippen LogP contribution in [0.25, 0.3) is 0 Å². The van der Waals surface area contributed by atoms with Crippen LogP contribution >= 0.6 is 23.2 Å². The molecule has 0 bridgehead atoms. The van der Waals surface area contributed by atoms with E-state index in [0.717, 1.165) is 28.1 Å². The number of hydrogen-bond donors (Lipinski definition) is 1. The third-order valence-corrected chi connectivity index (χ3v) is 4.89. The van der Waals surface area contributed by atoms with E-state index in [4.69, 9.17) is 32.7 Å². The van der Waals surface area contributed by atoms with Gasteiger partial charge in [0.2, 0.25) is 5.91 Å². The monoisotopic (exact) mass is 408 g/mol. The molecule has 0 atom stereocenters. The molecule has 1 N–H and O–H groups in total. The Balaban J connectivity index is 1.70. The van der Waals surface area contributed by atoms with Crippen LogP contribution < -0.4 is 10.1 Å². The lowest BCUT2D eigenvalue weighted by atomic mass is 10.1. The average molecular weight is 409 g/mol. The molecule has 7 heteroatoms. The number of ether oxygens (including phenoxy) is 2. The highest BCUT2D eigenvalue weighted by Crippen LogP contribution is 2.32. The summed E-state index contributed by atoms with van der Waals surface area (Å²) >= 11 is 12.3. The second kappa shape index (κ2) is 8.93. The summed E-state index contributed by atoms with van der Waals surface area (Å²) in [5.41, 5.74) is 3.57. The van der Waals surface area contributed by atoms with Gasteiger partial charge in [0.25, 0.3) is 0 Å². The molecule has 0 aliphatic carbocycles. The normalized spacial score (nSPS) is 13.2. The van der Waals surface area contributed by atoms with Gasteiger partial charge in [-0.15, -0.1) is 0 Å². The van der Waals surface area contributed by atoms with Crippen molar-refractivity contribution in [2.45, 2.75) is 27.0 Å². The van der Waals surface area contributed by atoms with Crippen LogP contribution in [0.5, 0.6) is 5.75 Å². The molecule has 0 saturated carbocycles. The number of benzene rings is 2. The van der Waals surface area contributed by atoms with Gasteiger partial charge in [0.15, 0.2) is 6.79 Å². The molecule has 27 heavy (non-hydrogen) atoms. The Labute approximate surface area is 169 Å². The van der Waals surface area contributed by atoms with Crippen molar-refractivity contribution in [3.05, 3.63) is 57.1 Å². The van der Waals surface area contributed by atoms with Crippen LogP contribution in [0.1, 0.15) is 23.6 Å². The molecule has 144 valence electrons. The fraction of sp³-hybridized carbons (Fsp3) is 0.350. The van der Waals surface area contributed by atoms with Crippen LogP contribution in [0.2, 0.25) is 10.0 Å². The van der Waals surface area contributed by atoms with Gasteiger partial charge in [-0.25, -0.2) is 0 Å². The van der Waals surface area contributed by atoms with E-state index >= 15 is 0 Å². The summed E-state index contributed by atoms with van der Waals surface area (Å²) in [6, 6.07) is 9.17. The van der Waals surface area contributed by atoms with Crippen molar-refractivity contribution < 1.29 is 14.3 Å². The second-order valence-corrected chi connectivity index (χ2v) is 7.35. The maximum atomic E-state index is 12.5. The summed E-state index contributed by atoms with van der Waals surface area (Å²) < 4.78 is 11.0. The van der Waals surface area contributed by atoms with Gasteiger partial charge >= 0.3 is 0 Å². The van der Waals surface area contributed by atoms with Gasteiger partial charge in [0.1, 0.15) is 5.75 Å². The number of carbonyl (C=O) groups is 1. The number of carbonyl (C=O) groups excluding carboxylic acids is 1. The van der Waals surface area contributed by atoms with E-state index in [1.807, 2.05) is 36.9 Å². The lowest BCUT2D eigenvalue weighted by molar-refractivity contribution is -0.117. The van der Waals surface area contributed by atoms with Crippen LogP contribution in [0.4, 0.5) is 5.69 Å². The highest BCUT2D eigenvalue weighted by Gasteiger charge is 2.19. The van der Waals surface area contributed by atoms with Crippen LogP contribution in [0, 0.1) is 6.92 Å². The molecule has 2 aromatic carbocycles. The van der Waals surface area contributed by atoms with Gasteiger partial charge in [-0.1, -0.05) is 36.2 Å². The summed E-state index contributed by atoms with van der Waals surface area (Å²) in [5.74, 6) is 0.706. The minimum Gasteiger partial charge on any atom is -0.467 e. The molecule has 0 spiro atoms. The molecule has 0 unspecified atom stereocenters. The zero-order valence-corrected chi connectivity index (χ0v) is 16.9. The number of anilines is 1. The van der Waals surface area contributed by atoms with E-state index in [2.05, 4.69) is 5.32 Å². The quantitative estimate of drug-likeness (QED) is 0.756. The lowest BCUT2D eigenvalue weighted by Gasteiger charge is -2.25. The molecule has 0 saturated heterocycles. The van der Waals surface area contributed by atoms with Crippen molar-refractivity contribution in [3.8, 4) is 5.75 Å². The van der Waals surface area contributed by atoms with E-state index in [0.29, 0.717) is 29.7 Å².